The lowest BCUT2D eigenvalue weighted by molar-refractivity contribution is 0.167. The zero-order valence-corrected chi connectivity index (χ0v) is 25.2. The number of anilines is 1. The predicted molar refractivity (Wildman–Crippen MR) is 154 cm³/mol. The minimum absolute atomic E-state index is 0.123. The van der Waals surface area contributed by atoms with E-state index in [1.807, 2.05) is 34.6 Å². The molecule has 0 aliphatic rings. The van der Waals surface area contributed by atoms with E-state index in [9.17, 15) is 13.2 Å². The van der Waals surface area contributed by atoms with E-state index >= 15 is 0 Å². The molecule has 2 heterocycles. The first-order chi connectivity index (χ1) is 18.1. The number of nitrogens with one attached hydrogen (secondary N) is 3. The summed E-state index contributed by atoms with van der Waals surface area (Å²) in [4.78, 5) is 29.1. The summed E-state index contributed by atoms with van der Waals surface area (Å²) >= 11 is 6.48. The molecular formula is C27H37ClN6O4S. The maximum Gasteiger partial charge on any atom is 0.407 e. The number of nitrogens with zero attached hydrogens (tertiary/aromatic N) is 3. The van der Waals surface area contributed by atoms with Gasteiger partial charge in [-0.2, -0.15) is 0 Å². The first-order valence-corrected chi connectivity index (χ1v) is 14.6. The van der Waals surface area contributed by atoms with Gasteiger partial charge in [0, 0.05) is 34.7 Å². The summed E-state index contributed by atoms with van der Waals surface area (Å²) in [5.41, 5.74) is 3.38. The molecule has 1 amide bonds. The lowest BCUT2D eigenvalue weighted by Gasteiger charge is -2.16. The Bertz CT molecular complexity index is 1450. The molecule has 12 heteroatoms. The fourth-order valence-electron chi connectivity index (χ4n) is 3.75. The number of imidazole rings is 1. The number of hydrogen-bond acceptors (Lipinski definition) is 7. The van der Waals surface area contributed by atoms with Crippen LogP contribution in [0.1, 0.15) is 65.2 Å². The highest BCUT2D eigenvalue weighted by Gasteiger charge is 2.26. The average Bonchev–Trinajstić information content (AvgIpc) is 3.30. The van der Waals surface area contributed by atoms with E-state index in [1.165, 1.54) is 7.11 Å². The van der Waals surface area contributed by atoms with E-state index in [2.05, 4.69) is 24.7 Å². The van der Waals surface area contributed by atoms with Gasteiger partial charge in [-0.05, 0) is 57.9 Å². The topological polar surface area (TPSA) is 139 Å². The number of hydrogen-bond donors (Lipinski definition) is 3. The number of benzene rings is 1. The molecule has 3 N–H and O–H groups in total. The van der Waals surface area contributed by atoms with Crippen LogP contribution >= 0.6 is 11.6 Å². The van der Waals surface area contributed by atoms with E-state index in [1.54, 1.807) is 38.2 Å². The summed E-state index contributed by atoms with van der Waals surface area (Å²) in [6.45, 7) is 13.1. The Morgan fingerprint density at radius 1 is 1.18 bits per heavy atom. The normalized spacial score (nSPS) is 12.9. The number of aryl methyl sites for hydroxylation is 1. The summed E-state index contributed by atoms with van der Waals surface area (Å²) in [7, 11) is -2.26. The number of aromatic nitrogens is 4. The molecule has 3 rings (SSSR count). The molecule has 0 radical (unpaired) electrons. The molecule has 39 heavy (non-hydrogen) atoms. The molecule has 0 saturated carbocycles. The molecule has 212 valence electrons. The van der Waals surface area contributed by atoms with Crippen LogP contribution in [0.25, 0.3) is 22.6 Å². The zero-order valence-electron chi connectivity index (χ0n) is 23.6. The van der Waals surface area contributed by atoms with Gasteiger partial charge in [-0.3, -0.25) is 4.72 Å². The number of alkyl carbamates (subject to hydrolysis) is 1. The van der Waals surface area contributed by atoms with Crippen molar-refractivity contribution < 1.29 is 17.9 Å². The minimum Gasteiger partial charge on any atom is -0.453 e. The lowest BCUT2D eigenvalue weighted by atomic mass is 9.96. The van der Waals surface area contributed by atoms with Gasteiger partial charge < -0.3 is 15.0 Å². The third kappa shape index (κ3) is 7.48. The second kappa shape index (κ2) is 11.9. The van der Waals surface area contributed by atoms with Gasteiger partial charge in [0.1, 0.15) is 11.6 Å². The van der Waals surface area contributed by atoms with E-state index in [0.29, 0.717) is 57.6 Å². The number of carbonyl (C=O) groups excluding carboxylic acids is 1. The Hall–Kier alpha value is -3.18. The second-order valence-corrected chi connectivity index (χ2v) is 13.5. The fourth-order valence-corrected chi connectivity index (χ4v) is 4.72. The molecule has 2 aromatic heterocycles. The molecule has 0 bridgehead atoms. The molecule has 0 aliphatic heterocycles. The highest BCUT2D eigenvalue weighted by Crippen LogP contribution is 2.38. The maximum atomic E-state index is 12.6. The molecule has 1 aromatic carbocycles. The van der Waals surface area contributed by atoms with Gasteiger partial charge in [0.15, 0.2) is 0 Å². The Labute approximate surface area is 235 Å². The summed E-state index contributed by atoms with van der Waals surface area (Å²) < 4.78 is 32.6. The molecule has 0 saturated heterocycles. The number of amides is 1. The van der Waals surface area contributed by atoms with E-state index in [0.717, 1.165) is 5.82 Å². The Kier molecular flexibility index (Phi) is 9.27. The van der Waals surface area contributed by atoms with Gasteiger partial charge in [0.2, 0.25) is 10.0 Å². The molecule has 0 fully saturated rings. The number of halogens is 1. The highest BCUT2D eigenvalue weighted by atomic mass is 35.5. The number of methoxy groups -OCH3 is 1. The third-order valence-electron chi connectivity index (χ3n) is 6.23. The van der Waals surface area contributed by atoms with Crippen LogP contribution in [0.2, 0.25) is 5.02 Å². The lowest BCUT2D eigenvalue weighted by Crippen LogP contribution is -2.32. The summed E-state index contributed by atoms with van der Waals surface area (Å²) in [5.74, 6) is 1.35. The third-order valence-corrected chi connectivity index (χ3v) is 8.19. The number of rotatable bonds is 9. The summed E-state index contributed by atoms with van der Waals surface area (Å²) in [6.07, 6.45) is 2.35. The van der Waals surface area contributed by atoms with Gasteiger partial charge in [0.25, 0.3) is 0 Å². The molecule has 1 atom stereocenters. The molecule has 10 nitrogen and oxygen atoms in total. The van der Waals surface area contributed by atoms with Crippen LogP contribution in [-0.2, 0) is 26.6 Å². The Morgan fingerprint density at radius 3 is 2.49 bits per heavy atom. The van der Waals surface area contributed by atoms with Crippen LogP contribution in [0.5, 0.6) is 0 Å². The number of aromatic amines is 1. The SMILES string of the molecule is COC(=O)N[C@@H](C)CCc1nccc(-c2[nH]c(C(C)(C)C)nc2-c2cc(Cl)cc(NS(=O)(=O)C(C)C)c2C)n1. The zero-order chi connectivity index (χ0) is 29.1. The van der Waals surface area contributed by atoms with Crippen LogP contribution < -0.4 is 10.0 Å². The molecular weight excluding hydrogens is 540 g/mol. The van der Waals surface area contributed by atoms with Crippen molar-refractivity contribution in [2.45, 2.75) is 78.0 Å². The van der Waals surface area contributed by atoms with E-state index in [4.69, 9.17) is 21.6 Å². The van der Waals surface area contributed by atoms with Crippen LogP contribution in [-0.4, -0.2) is 52.8 Å². The van der Waals surface area contributed by atoms with Crippen molar-refractivity contribution in [2.75, 3.05) is 11.8 Å². The van der Waals surface area contributed by atoms with Crippen molar-refractivity contribution in [1.82, 2.24) is 25.3 Å². The second-order valence-electron chi connectivity index (χ2n) is 10.8. The predicted octanol–water partition coefficient (Wildman–Crippen LogP) is 5.62. The smallest absolute Gasteiger partial charge is 0.407 e. The Morgan fingerprint density at radius 2 is 1.87 bits per heavy atom. The fraction of sp³-hybridized carbons (Fsp3) is 0.481. The van der Waals surface area contributed by atoms with Gasteiger partial charge >= 0.3 is 6.09 Å². The van der Waals surface area contributed by atoms with Crippen molar-refractivity contribution >= 4 is 33.4 Å². The molecule has 0 unspecified atom stereocenters. The van der Waals surface area contributed by atoms with Gasteiger partial charge in [-0.1, -0.05) is 32.4 Å². The standard InChI is InChI=1S/C27H37ClN6O4S/c1-15(2)39(36,37)34-21-14-18(28)13-19(17(21)4)23-24(33-25(32-23)27(5,6)7)20-11-12-29-22(31-20)10-9-16(3)30-26(35)38-8/h11-16,34H,9-10H2,1-8H3,(H,30,35)(H,32,33)/t16-/m0/s1. The van der Waals surface area contributed by atoms with Crippen LogP contribution in [0.15, 0.2) is 24.4 Å². The number of H-pyrrole nitrogens is 1. The number of carbonyl (C=O) groups is 1. The summed E-state index contributed by atoms with van der Waals surface area (Å²) in [5, 5.41) is 2.50. The average molecular weight is 577 g/mol. The largest absolute Gasteiger partial charge is 0.453 e. The van der Waals surface area contributed by atoms with Crippen molar-refractivity contribution in [3.63, 3.8) is 0 Å². The highest BCUT2D eigenvalue weighted by molar-refractivity contribution is 7.93. The first-order valence-electron chi connectivity index (χ1n) is 12.7. The van der Waals surface area contributed by atoms with Crippen LogP contribution in [0, 0.1) is 6.92 Å². The number of ether oxygens (including phenoxy) is 1. The van der Waals surface area contributed by atoms with Crippen molar-refractivity contribution in [3.05, 3.63) is 46.6 Å². The van der Waals surface area contributed by atoms with Crippen LogP contribution in [0.3, 0.4) is 0 Å². The van der Waals surface area contributed by atoms with Crippen molar-refractivity contribution in [2.24, 2.45) is 0 Å². The van der Waals surface area contributed by atoms with Gasteiger partial charge in [-0.15, -0.1) is 0 Å². The summed E-state index contributed by atoms with van der Waals surface area (Å²) in [6, 6.07) is 5.05. The molecule has 0 spiro atoms. The van der Waals surface area contributed by atoms with Crippen LogP contribution in [0.4, 0.5) is 10.5 Å². The maximum absolute atomic E-state index is 12.6. The Balaban J connectivity index is 2.08. The molecule has 0 aliphatic carbocycles. The van der Waals surface area contributed by atoms with E-state index in [-0.39, 0.29) is 11.5 Å². The van der Waals surface area contributed by atoms with Crippen molar-refractivity contribution in [1.29, 1.82) is 0 Å². The van der Waals surface area contributed by atoms with Gasteiger partial charge in [0.05, 0.1) is 35.1 Å². The van der Waals surface area contributed by atoms with E-state index < -0.39 is 21.4 Å². The number of sulfonamides is 1. The quantitative estimate of drug-likeness (QED) is 0.300. The minimum atomic E-state index is -3.59. The first kappa shape index (κ1) is 30.4. The monoisotopic (exact) mass is 576 g/mol. The molecule has 3 aromatic rings. The van der Waals surface area contributed by atoms with Crippen molar-refractivity contribution in [3.8, 4) is 22.6 Å². The van der Waals surface area contributed by atoms with Gasteiger partial charge in [-0.25, -0.2) is 28.2 Å².